The van der Waals surface area contributed by atoms with Gasteiger partial charge in [0.25, 0.3) is 0 Å². The van der Waals surface area contributed by atoms with Crippen LogP contribution in [0.4, 0.5) is 0 Å². The van der Waals surface area contributed by atoms with Gasteiger partial charge in [-0.2, -0.15) is 5.10 Å². The van der Waals surface area contributed by atoms with Crippen LogP contribution in [0.15, 0.2) is 65.8 Å². The predicted octanol–water partition coefficient (Wildman–Crippen LogP) is 3.03. The van der Waals surface area contributed by atoms with Gasteiger partial charge in [-0.1, -0.05) is 36.4 Å². The highest BCUT2D eigenvalue weighted by Gasteiger charge is 2.16. The summed E-state index contributed by atoms with van der Waals surface area (Å²) in [6.45, 7) is 4.65. The Labute approximate surface area is 148 Å². The first-order valence-corrected chi connectivity index (χ1v) is 9.54. The van der Waals surface area contributed by atoms with Gasteiger partial charge in [0.1, 0.15) is 0 Å². The molecule has 1 N–H and O–H groups in total. The van der Waals surface area contributed by atoms with Gasteiger partial charge >= 0.3 is 0 Å². The van der Waals surface area contributed by atoms with Crippen LogP contribution in [0.3, 0.4) is 0 Å². The molecule has 0 saturated heterocycles. The highest BCUT2D eigenvalue weighted by molar-refractivity contribution is 7.89. The van der Waals surface area contributed by atoms with E-state index in [9.17, 15) is 8.42 Å². The Morgan fingerprint density at radius 2 is 1.76 bits per heavy atom. The predicted molar refractivity (Wildman–Crippen MR) is 97.7 cm³/mol. The summed E-state index contributed by atoms with van der Waals surface area (Å²) < 4.78 is 29.6. The fourth-order valence-corrected chi connectivity index (χ4v) is 3.94. The third-order valence-corrected chi connectivity index (χ3v) is 5.57. The lowest BCUT2D eigenvalue weighted by atomic mass is 10.1. The molecule has 3 rings (SSSR count). The van der Waals surface area contributed by atoms with Crippen molar-refractivity contribution >= 4 is 10.0 Å². The van der Waals surface area contributed by atoms with Crippen molar-refractivity contribution < 1.29 is 8.42 Å². The second kappa shape index (κ2) is 7.21. The Morgan fingerprint density at radius 1 is 1.04 bits per heavy atom. The summed E-state index contributed by atoms with van der Waals surface area (Å²) in [5, 5.41) is 4.18. The van der Waals surface area contributed by atoms with Gasteiger partial charge < -0.3 is 0 Å². The van der Waals surface area contributed by atoms with Gasteiger partial charge in [-0.05, 0) is 48.2 Å². The Hall–Kier alpha value is -2.44. The fraction of sp³-hybridized carbons (Fsp3) is 0.211. The van der Waals surface area contributed by atoms with E-state index in [1.54, 1.807) is 19.2 Å². The van der Waals surface area contributed by atoms with Crippen LogP contribution in [-0.4, -0.2) is 18.2 Å². The van der Waals surface area contributed by atoms with Crippen LogP contribution in [0.1, 0.15) is 22.3 Å². The second-order valence-electron chi connectivity index (χ2n) is 6.11. The average molecular weight is 355 g/mol. The van der Waals surface area contributed by atoms with E-state index >= 15 is 0 Å². The minimum absolute atomic E-state index is 0.262. The smallest absolute Gasteiger partial charge is 0.241 e. The summed E-state index contributed by atoms with van der Waals surface area (Å²) in [4.78, 5) is 0.336. The molecule has 0 aliphatic rings. The molecule has 0 aliphatic heterocycles. The zero-order valence-corrected chi connectivity index (χ0v) is 15.1. The van der Waals surface area contributed by atoms with Gasteiger partial charge in [0.15, 0.2) is 0 Å². The van der Waals surface area contributed by atoms with Crippen molar-refractivity contribution in [3.63, 3.8) is 0 Å². The molecular weight excluding hydrogens is 334 g/mol. The first kappa shape index (κ1) is 17.4. The summed E-state index contributed by atoms with van der Waals surface area (Å²) in [6.07, 6.45) is 3.66. The lowest BCUT2D eigenvalue weighted by Crippen LogP contribution is -2.24. The Balaban J connectivity index is 1.67. The van der Waals surface area contributed by atoms with Gasteiger partial charge in [-0.15, -0.1) is 0 Å². The van der Waals surface area contributed by atoms with Gasteiger partial charge in [0.2, 0.25) is 10.0 Å². The maximum absolute atomic E-state index is 12.5. The lowest BCUT2D eigenvalue weighted by molar-refractivity contribution is 0.580. The van der Waals surface area contributed by atoms with Crippen molar-refractivity contribution in [3.05, 3.63) is 83.2 Å². The van der Waals surface area contributed by atoms with Crippen LogP contribution in [-0.2, 0) is 23.1 Å². The van der Waals surface area contributed by atoms with Crippen molar-refractivity contribution in [2.45, 2.75) is 31.8 Å². The largest absolute Gasteiger partial charge is 0.268 e. The molecule has 0 bridgehead atoms. The number of nitrogens with one attached hydrogen (secondary N) is 1. The zero-order chi connectivity index (χ0) is 17.9. The molecular formula is C19H21N3O2S. The van der Waals surface area contributed by atoms with E-state index in [1.807, 2.05) is 60.3 Å². The monoisotopic (exact) mass is 355 g/mol. The van der Waals surface area contributed by atoms with Crippen LogP contribution in [0.25, 0.3) is 0 Å². The maximum atomic E-state index is 12.5. The number of rotatable bonds is 6. The highest BCUT2D eigenvalue weighted by Crippen LogP contribution is 2.17. The molecule has 130 valence electrons. The molecule has 0 radical (unpaired) electrons. The Morgan fingerprint density at radius 3 is 2.44 bits per heavy atom. The molecule has 0 fully saturated rings. The van der Waals surface area contributed by atoms with Gasteiger partial charge in [0, 0.05) is 18.9 Å². The molecule has 5 nitrogen and oxygen atoms in total. The number of hydrogen-bond acceptors (Lipinski definition) is 3. The number of aryl methyl sites for hydroxylation is 2. The van der Waals surface area contributed by atoms with E-state index in [-0.39, 0.29) is 6.54 Å². The molecule has 1 aromatic heterocycles. The molecule has 0 unspecified atom stereocenters. The number of benzene rings is 2. The minimum Gasteiger partial charge on any atom is -0.268 e. The maximum Gasteiger partial charge on any atom is 0.241 e. The molecule has 1 heterocycles. The summed E-state index contributed by atoms with van der Waals surface area (Å²) in [5.74, 6) is 0. The highest BCUT2D eigenvalue weighted by atomic mass is 32.2. The van der Waals surface area contributed by atoms with E-state index in [2.05, 4.69) is 9.82 Å². The summed E-state index contributed by atoms with van der Waals surface area (Å²) in [5.41, 5.74) is 3.70. The standard InChI is InChI=1S/C19H21N3O2S/c1-15-4-5-16(2)19(12-15)25(23,24)21-13-17-6-8-18(9-7-17)14-22-11-3-10-20-22/h3-12,21H,13-14H2,1-2H3. The van der Waals surface area contributed by atoms with Crippen molar-refractivity contribution in [1.29, 1.82) is 0 Å². The molecule has 0 atom stereocenters. The van der Waals surface area contributed by atoms with Crippen molar-refractivity contribution in [2.75, 3.05) is 0 Å². The molecule has 0 amide bonds. The molecule has 25 heavy (non-hydrogen) atoms. The van der Waals surface area contributed by atoms with E-state index in [1.165, 1.54) is 0 Å². The summed E-state index contributed by atoms with van der Waals surface area (Å²) >= 11 is 0. The number of hydrogen-bond donors (Lipinski definition) is 1. The molecule has 6 heteroatoms. The summed E-state index contributed by atoms with van der Waals surface area (Å²) in [6, 6.07) is 15.2. The quantitative estimate of drug-likeness (QED) is 0.739. The summed E-state index contributed by atoms with van der Waals surface area (Å²) in [7, 11) is -3.53. The van der Waals surface area contributed by atoms with E-state index in [0.717, 1.165) is 22.3 Å². The van der Waals surface area contributed by atoms with Crippen LogP contribution in [0.2, 0.25) is 0 Å². The lowest BCUT2D eigenvalue weighted by Gasteiger charge is -2.11. The minimum atomic E-state index is -3.53. The number of aromatic nitrogens is 2. The van der Waals surface area contributed by atoms with Crippen molar-refractivity contribution in [2.24, 2.45) is 0 Å². The number of nitrogens with zero attached hydrogens (tertiary/aromatic N) is 2. The zero-order valence-electron chi connectivity index (χ0n) is 14.3. The van der Waals surface area contributed by atoms with Crippen LogP contribution >= 0.6 is 0 Å². The first-order chi connectivity index (χ1) is 11.9. The van der Waals surface area contributed by atoms with E-state index in [4.69, 9.17) is 0 Å². The molecule has 0 spiro atoms. The fourth-order valence-electron chi connectivity index (χ4n) is 2.60. The molecule has 2 aromatic carbocycles. The van der Waals surface area contributed by atoms with Crippen molar-refractivity contribution in [3.8, 4) is 0 Å². The average Bonchev–Trinajstić information content (AvgIpc) is 3.09. The van der Waals surface area contributed by atoms with Gasteiger partial charge in [-0.25, -0.2) is 13.1 Å². The van der Waals surface area contributed by atoms with Gasteiger partial charge in [-0.3, -0.25) is 4.68 Å². The number of sulfonamides is 1. The third-order valence-electron chi connectivity index (χ3n) is 4.03. The molecule has 0 aliphatic carbocycles. The van der Waals surface area contributed by atoms with Crippen molar-refractivity contribution in [1.82, 2.24) is 14.5 Å². The van der Waals surface area contributed by atoms with E-state index in [0.29, 0.717) is 11.4 Å². The topological polar surface area (TPSA) is 64.0 Å². The molecule has 0 saturated carbocycles. The normalized spacial score (nSPS) is 11.6. The van der Waals surface area contributed by atoms with Crippen LogP contribution < -0.4 is 4.72 Å². The third kappa shape index (κ3) is 4.35. The van der Waals surface area contributed by atoms with E-state index < -0.39 is 10.0 Å². The van der Waals surface area contributed by atoms with Crippen LogP contribution in [0.5, 0.6) is 0 Å². The Kier molecular flexibility index (Phi) is 5.01. The van der Waals surface area contributed by atoms with Crippen LogP contribution in [0, 0.1) is 13.8 Å². The first-order valence-electron chi connectivity index (χ1n) is 8.06. The van der Waals surface area contributed by atoms with Gasteiger partial charge in [0.05, 0.1) is 11.4 Å². The second-order valence-corrected chi connectivity index (χ2v) is 7.85. The SMILES string of the molecule is Cc1ccc(C)c(S(=O)(=O)NCc2ccc(Cn3cccn3)cc2)c1. The Bertz CT molecular complexity index is 947. The molecule has 3 aromatic rings.